The van der Waals surface area contributed by atoms with Crippen molar-refractivity contribution in [2.75, 3.05) is 78.3 Å². The first-order valence-corrected chi connectivity index (χ1v) is 18.3. The number of piperidine rings is 1. The Kier molecular flexibility index (Phi) is 13.6. The van der Waals surface area contributed by atoms with Crippen molar-refractivity contribution in [3.8, 4) is 5.75 Å². The Hall–Kier alpha value is -3.56. The Morgan fingerprint density at radius 3 is 2.28 bits per heavy atom. The van der Waals surface area contributed by atoms with Gasteiger partial charge in [0.05, 0.1) is 55.8 Å². The molecule has 0 aliphatic carbocycles. The van der Waals surface area contributed by atoms with Gasteiger partial charge < -0.3 is 38.4 Å². The fraction of sp³-hybridized carbons (Fsp3) is 0.486. The minimum absolute atomic E-state index is 0.0392. The van der Waals surface area contributed by atoms with E-state index >= 15 is 0 Å². The van der Waals surface area contributed by atoms with Gasteiger partial charge in [0.2, 0.25) is 10.0 Å². The fourth-order valence-electron chi connectivity index (χ4n) is 6.33. The number of hydrogen-bond acceptors (Lipinski definition) is 10. The number of fused-ring (bicyclic) bond motifs is 1. The molecule has 3 aromatic rings. The molecule has 0 aromatic heterocycles. The second kappa shape index (κ2) is 18.1. The summed E-state index contributed by atoms with van der Waals surface area (Å²) < 4.78 is 63.9. The summed E-state index contributed by atoms with van der Waals surface area (Å²) in [4.78, 5) is 14.1. The van der Waals surface area contributed by atoms with Crippen molar-refractivity contribution in [1.82, 2.24) is 4.31 Å². The first-order chi connectivity index (χ1) is 24.2. The summed E-state index contributed by atoms with van der Waals surface area (Å²) >= 11 is 0. The highest BCUT2D eigenvalue weighted by molar-refractivity contribution is 7.89. The van der Waals surface area contributed by atoms with E-state index in [2.05, 4.69) is 11.0 Å². The molecule has 0 unspecified atom stereocenters. The molecule has 0 radical (unpaired) electrons. The monoisotopic (exact) mass is 712 g/mol. The van der Waals surface area contributed by atoms with Crippen molar-refractivity contribution in [1.29, 1.82) is 0 Å². The number of nitrogens with zero attached hydrogens (tertiary/aromatic N) is 2. The van der Waals surface area contributed by atoms with Gasteiger partial charge >= 0.3 is 5.97 Å². The van der Waals surface area contributed by atoms with Gasteiger partial charge in [-0.3, -0.25) is 0 Å². The highest BCUT2D eigenvalue weighted by Gasteiger charge is 2.44. The number of rotatable bonds is 18. The minimum atomic E-state index is -3.96. The number of methoxy groups -OCH3 is 2. The Morgan fingerprint density at radius 2 is 1.58 bits per heavy atom. The summed E-state index contributed by atoms with van der Waals surface area (Å²) in [6.45, 7) is 5.71. The van der Waals surface area contributed by atoms with Crippen LogP contribution in [-0.2, 0) is 51.7 Å². The predicted molar refractivity (Wildman–Crippen MR) is 187 cm³/mol. The Bertz CT molecular complexity index is 1630. The number of sulfonamides is 1. The summed E-state index contributed by atoms with van der Waals surface area (Å²) in [5.41, 5.74) is 4.61. The molecule has 0 bridgehead atoms. The number of carbonyl (C=O) groups is 1. The number of benzene rings is 3. The summed E-state index contributed by atoms with van der Waals surface area (Å²) in [5.74, 6) is -0.805. The van der Waals surface area contributed by atoms with E-state index in [1.807, 2.05) is 43.3 Å². The van der Waals surface area contributed by atoms with E-state index in [1.165, 1.54) is 4.31 Å². The second-order valence-electron chi connectivity index (χ2n) is 12.5. The van der Waals surface area contributed by atoms with Gasteiger partial charge in [0.1, 0.15) is 19.0 Å². The van der Waals surface area contributed by atoms with Gasteiger partial charge in [0.25, 0.3) is 0 Å². The van der Waals surface area contributed by atoms with E-state index in [9.17, 15) is 18.3 Å². The lowest BCUT2D eigenvalue weighted by Crippen LogP contribution is -2.54. The van der Waals surface area contributed by atoms with Crippen LogP contribution in [0.1, 0.15) is 34.6 Å². The number of hydrogen-bond donors (Lipinski definition) is 1. The molecule has 0 saturated carbocycles. The first kappa shape index (κ1) is 37.7. The van der Waals surface area contributed by atoms with Crippen LogP contribution < -0.4 is 9.64 Å². The van der Waals surface area contributed by atoms with E-state index in [1.54, 1.807) is 38.5 Å². The molecule has 2 heterocycles. The van der Waals surface area contributed by atoms with Crippen LogP contribution in [0.15, 0.2) is 71.6 Å². The van der Waals surface area contributed by atoms with Crippen LogP contribution in [0.4, 0.5) is 5.69 Å². The molecule has 12 nitrogen and oxygen atoms in total. The maximum absolute atomic E-state index is 14.0. The SMILES string of the molecule is COCCCN1CCOc2ccc(CO[C@H]3CN(S(=O)(=O)c4ccc(C)cc4)C[C@@H](OCC(=O)O)[C@@H]3c3ccc(COCCOC)cc3)cc21. The lowest BCUT2D eigenvalue weighted by Gasteiger charge is -2.43. The van der Waals surface area contributed by atoms with Crippen molar-refractivity contribution < 1.29 is 46.7 Å². The summed E-state index contributed by atoms with van der Waals surface area (Å²) in [6.07, 6.45) is -0.597. The average molecular weight is 713 g/mol. The largest absolute Gasteiger partial charge is 0.490 e. The molecule has 1 saturated heterocycles. The zero-order valence-electron chi connectivity index (χ0n) is 29.0. The van der Waals surface area contributed by atoms with Crippen LogP contribution in [0.2, 0.25) is 0 Å². The molecular formula is C37H48N2O10S. The Balaban J connectivity index is 1.44. The Morgan fingerprint density at radius 1 is 0.880 bits per heavy atom. The van der Waals surface area contributed by atoms with E-state index in [0.717, 1.165) is 53.2 Å². The first-order valence-electron chi connectivity index (χ1n) is 16.9. The summed E-state index contributed by atoms with van der Waals surface area (Å²) in [6, 6.07) is 20.4. The van der Waals surface area contributed by atoms with Gasteiger partial charge in [-0.1, -0.05) is 48.0 Å². The topological polar surface area (TPSA) is 133 Å². The van der Waals surface area contributed by atoms with Gasteiger partial charge in [-0.05, 0) is 54.3 Å². The highest BCUT2D eigenvalue weighted by Crippen LogP contribution is 2.37. The summed E-state index contributed by atoms with van der Waals surface area (Å²) in [7, 11) is -0.644. The van der Waals surface area contributed by atoms with E-state index in [4.69, 9.17) is 28.4 Å². The quantitative estimate of drug-likeness (QED) is 0.190. The maximum atomic E-state index is 14.0. The van der Waals surface area contributed by atoms with Crippen molar-refractivity contribution in [2.24, 2.45) is 0 Å². The Labute approximate surface area is 294 Å². The molecular weight excluding hydrogens is 664 g/mol. The zero-order valence-corrected chi connectivity index (χ0v) is 29.8. The maximum Gasteiger partial charge on any atom is 0.329 e. The molecule has 5 rings (SSSR count). The van der Waals surface area contributed by atoms with Crippen molar-refractivity contribution in [2.45, 2.75) is 49.6 Å². The normalized spacial score (nSPS) is 19.6. The third-order valence-corrected chi connectivity index (χ3v) is 10.8. The van der Waals surface area contributed by atoms with Crippen LogP contribution in [0.5, 0.6) is 5.75 Å². The van der Waals surface area contributed by atoms with Crippen LogP contribution >= 0.6 is 0 Å². The second-order valence-corrected chi connectivity index (χ2v) is 14.5. The van der Waals surface area contributed by atoms with Gasteiger partial charge in [-0.2, -0.15) is 4.31 Å². The van der Waals surface area contributed by atoms with E-state index < -0.39 is 40.7 Å². The van der Waals surface area contributed by atoms with Crippen LogP contribution in [0.3, 0.4) is 0 Å². The molecule has 0 spiro atoms. The van der Waals surface area contributed by atoms with Crippen molar-refractivity contribution in [3.05, 3.63) is 89.0 Å². The minimum Gasteiger partial charge on any atom is -0.490 e. The lowest BCUT2D eigenvalue weighted by atomic mass is 9.85. The number of carboxylic acids is 1. The van der Waals surface area contributed by atoms with Gasteiger partial charge in [-0.15, -0.1) is 0 Å². The summed E-state index contributed by atoms with van der Waals surface area (Å²) in [5, 5.41) is 9.56. The van der Waals surface area contributed by atoms with Crippen LogP contribution in [-0.4, -0.2) is 109 Å². The van der Waals surface area contributed by atoms with Crippen molar-refractivity contribution in [3.63, 3.8) is 0 Å². The highest BCUT2D eigenvalue weighted by atomic mass is 32.2. The third-order valence-electron chi connectivity index (χ3n) is 8.94. The molecule has 1 N–H and O–H groups in total. The molecule has 13 heteroatoms. The van der Waals surface area contributed by atoms with Gasteiger partial charge in [-0.25, -0.2) is 13.2 Å². The number of carboxylic acid groups (broad SMARTS) is 1. The predicted octanol–water partition coefficient (Wildman–Crippen LogP) is 4.24. The number of ether oxygens (including phenoxy) is 6. The van der Waals surface area contributed by atoms with Crippen LogP contribution in [0.25, 0.3) is 0 Å². The molecule has 0 amide bonds. The van der Waals surface area contributed by atoms with Gasteiger partial charge in [0.15, 0.2) is 0 Å². The molecule has 3 atom stereocenters. The molecule has 1 fully saturated rings. The fourth-order valence-corrected chi connectivity index (χ4v) is 7.79. The van der Waals surface area contributed by atoms with Gasteiger partial charge in [0, 0.05) is 46.4 Å². The number of anilines is 1. The molecule has 2 aliphatic heterocycles. The third kappa shape index (κ3) is 9.81. The molecule has 3 aromatic carbocycles. The smallest absolute Gasteiger partial charge is 0.329 e. The molecule has 50 heavy (non-hydrogen) atoms. The van der Waals surface area contributed by atoms with Crippen LogP contribution in [0, 0.1) is 6.92 Å². The lowest BCUT2D eigenvalue weighted by molar-refractivity contribution is -0.148. The number of aryl methyl sites for hydroxylation is 1. The van der Waals surface area contributed by atoms with Crippen molar-refractivity contribution >= 4 is 21.7 Å². The zero-order chi connectivity index (χ0) is 35.5. The molecule has 272 valence electrons. The van der Waals surface area contributed by atoms with E-state index in [-0.39, 0.29) is 24.6 Å². The average Bonchev–Trinajstić information content (AvgIpc) is 3.12. The number of aliphatic carboxylic acids is 1. The standard InChI is InChI=1S/C37H48N2O10S/c1-27-5-12-31(13-6-27)50(42,43)39-22-34(48-25-29-9-14-33-32(21-29)38(16-18-47-33)15-4-17-44-2)37(35(23-39)49-26-36(40)41)30-10-7-28(8-11-30)24-46-20-19-45-3/h5-14,21,34-35,37H,4,15-20,22-26H2,1-3H3,(H,40,41)/t34-,35+,37+/m0/s1. The van der Waals surface area contributed by atoms with E-state index in [0.29, 0.717) is 33.0 Å². The molecule has 2 aliphatic rings.